The summed E-state index contributed by atoms with van der Waals surface area (Å²) in [7, 11) is 0. The first-order chi connectivity index (χ1) is 14.4. The average molecular weight is 439 g/mol. The van der Waals surface area contributed by atoms with Crippen molar-refractivity contribution in [2.75, 3.05) is 11.9 Å². The molecule has 2 heterocycles. The van der Waals surface area contributed by atoms with Gasteiger partial charge in [-0.25, -0.2) is 4.98 Å². The van der Waals surface area contributed by atoms with Crippen molar-refractivity contribution >= 4 is 45.9 Å². The van der Waals surface area contributed by atoms with E-state index in [1.165, 1.54) is 11.3 Å². The maximum absolute atomic E-state index is 12.6. The molecule has 2 aromatic carbocycles. The van der Waals surface area contributed by atoms with Crippen LogP contribution in [0.15, 0.2) is 42.6 Å². The van der Waals surface area contributed by atoms with Crippen LogP contribution in [0.3, 0.4) is 0 Å². The van der Waals surface area contributed by atoms with E-state index in [2.05, 4.69) is 10.3 Å². The lowest BCUT2D eigenvalue weighted by Crippen LogP contribution is -2.11. The largest absolute Gasteiger partial charge is 0.506 e. The standard InChI is InChI=1S/C23H19ClN2O3S/c1-12-25-10-19(30-12)21(28)20-16-8-15(17(24)9-18(16)26-22(20)29)13-2-4-14(5-3-13)23(11-27)6-7-23/h2-5,8-10,27-28H,6-7,11H2,1H3,(H,26,29). The SMILES string of the molecule is Cc1ncc(C(O)=C2C(=O)Nc3cc(Cl)c(-c4ccc(C5(CO)CC5)cc4)cc32)s1. The Kier molecular flexibility index (Phi) is 4.47. The van der Waals surface area contributed by atoms with Gasteiger partial charge >= 0.3 is 0 Å². The van der Waals surface area contributed by atoms with E-state index in [0.29, 0.717) is 21.2 Å². The highest BCUT2D eigenvalue weighted by Gasteiger charge is 2.43. The number of nitrogens with zero attached hydrogens (tertiary/aromatic N) is 1. The zero-order valence-electron chi connectivity index (χ0n) is 16.2. The summed E-state index contributed by atoms with van der Waals surface area (Å²) in [4.78, 5) is 17.3. The van der Waals surface area contributed by atoms with Crippen molar-refractivity contribution in [3.8, 4) is 11.1 Å². The number of aliphatic hydroxyl groups excluding tert-OH is 2. The van der Waals surface area contributed by atoms with Gasteiger partial charge in [-0.3, -0.25) is 4.79 Å². The summed E-state index contributed by atoms with van der Waals surface area (Å²) >= 11 is 7.86. The minimum Gasteiger partial charge on any atom is -0.506 e. The molecule has 0 unspecified atom stereocenters. The summed E-state index contributed by atoms with van der Waals surface area (Å²) in [6.07, 6.45) is 3.57. The second-order valence-corrected chi connectivity index (χ2v) is 9.46. The van der Waals surface area contributed by atoms with Gasteiger partial charge in [0.1, 0.15) is 5.76 Å². The van der Waals surface area contributed by atoms with Crippen LogP contribution in [0, 0.1) is 6.92 Å². The maximum Gasteiger partial charge on any atom is 0.260 e. The van der Waals surface area contributed by atoms with Gasteiger partial charge in [0.05, 0.1) is 32.8 Å². The molecule has 1 aliphatic carbocycles. The Hall–Kier alpha value is -2.67. The van der Waals surface area contributed by atoms with Gasteiger partial charge in [0.2, 0.25) is 0 Å². The number of aromatic nitrogens is 1. The first kappa shape index (κ1) is 19.3. The normalized spacial score (nSPS) is 18.2. The van der Waals surface area contributed by atoms with Gasteiger partial charge in [0.15, 0.2) is 0 Å². The number of hydrogen-bond donors (Lipinski definition) is 3. The topological polar surface area (TPSA) is 82.5 Å². The number of aryl methyl sites for hydroxylation is 1. The summed E-state index contributed by atoms with van der Waals surface area (Å²) in [6.45, 7) is 2.00. The zero-order chi connectivity index (χ0) is 21.0. The molecule has 1 aromatic heterocycles. The van der Waals surface area contributed by atoms with Crippen LogP contribution in [0.5, 0.6) is 0 Å². The predicted octanol–water partition coefficient (Wildman–Crippen LogP) is 5.17. The fourth-order valence-corrected chi connectivity index (χ4v) is 4.93. The van der Waals surface area contributed by atoms with E-state index in [0.717, 1.165) is 34.5 Å². The number of aliphatic hydroxyl groups is 2. The summed E-state index contributed by atoms with van der Waals surface area (Å²) in [5.41, 5.74) is 4.13. The minimum atomic E-state index is -0.365. The second-order valence-electron chi connectivity index (χ2n) is 7.81. The van der Waals surface area contributed by atoms with Crippen LogP contribution in [-0.2, 0) is 10.2 Å². The van der Waals surface area contributed by atoms with Gasteiger partial charge in [-0.1, -0.05) is 35.9 Å². The smallest absolute Gasteiger partial charge is 0.260 e. The van der Waals surface area contributed by atoms with Gasteiger partial charge in [-0.2, -0.15) is 0 Å². The van der Waals surface area contributed by atoms with E-state index in [1.54, 1.807) is 12.3 Å². The van der Waals surface area contributed by atoms with E-state index >= 15 is 0 Å². The van der Waals surface area contributed by atoms with Gasteiger partial charge in [0.25, 0.3) is 5.91 Å². The molecule has 5 nitrogen and oxygen atoms in total. The molecular weight excluding hydrogens is 420 g/mol. The molecule has 1 aliphatic heterocycles. The summed E-state index contributed by atoms with van der Waals surface area (Å²) in [5.74, 6) is -0.449. The van der Waals surface area contributed by atoms with Gasteiger partial charge in [-0.15, -0.1) is 11.3 Å². The second kappa shape index (κ2) is 6.94. The predicted molar refractivity (Wildman–Crippen MR) is 120 cm³/mol. The molecule has 3 N–H and O–H groups in total. The molecule has 0 spiro atoms. The Morgan fingerprint density at radius 3 is 2.57 bits per heavy atom. The monoisotopic (exact) mass is 438 g/mol. The Morgan fingerprint density at radius 2 is 1.97 bits per heavy atom. The fourth-order valence-electron chi connectivity index (χ4n) is 3.93. The first-order valence-electron chi connectivity index (χ1n) is 9.65. The molecule has 1 saturated carbocycles. The number of benzene rings is 2. The van der Waals surface area contributed by atoms with Gasteiger partial charge < -0.3 is 15.5 Å². The van der Waals surface area contributed by atoms with Crippen LogP contribution in [0.25, 0.3) is 22.5 Å². The van der Waals surface area contributed by atoms with Crippen LogP contribution >= 0.6 is 22.9 Å². The molecule has 0 saturated heterocycles. The lowest BCUT2D eigenvalue weighted by Gasteiger charge is -2.14. The van der Waals surface area contributed by atoms with Crippen molar-refractivity contribution < 1.29 is 15.0 Å². The molecule has 1 amide bonds. The number of rotatable bonds is 4. The van der Waals surface area contributed by atoms with Crippen molar-refractivity contribution in [1.82, 2.24) is 4.98 Å². The van der Waals surface area contributed by atoms with E-state index < -0.39 is 0 Å². The van der Waals surface area contributed by atoms with Gasteiger partial charge in [0, 0.05) is 22.7 Å². The Morgan fingerprint density at radius 1 is 1.23 bits per heavy atom. The number of thiazole rings is 1. The molecule has 2 aliphatic rings. The molecule has 1 fully saturated rings. The van der Waals surface area contributed by atoms with Crippen LogP contribution in [0.1, 0.15) is 33.9 Å². The Labute approximate surface area is 182 Å². The number of halogens is 1. The third-order valence-electron chi connectivity index (χ3n) is 5.91. The number of amides is 1. The van der Waals surface area contributed by atoms with Gasteiger partial charge in [-0.05, 0) is 43.0 Å². The van der Waals surface area contributed by atoms with Crippen molar-refractivity contribution in [2.45, 2.75) is 25.2 Å². The van der Waals surface area contributed by atoms with Crippen molar-refractivity contribution in [2.24, 2.45) is 0 Å². The third kappa shape index (κ3) is 3.03. The molecule has 7 heteroatoms. The summed E-state index contributed by atoms with van der Waals surface area (Å²) in [6, 6.07) is 11.6. The number of hydrogen-bond acceptors (Lipinski definition) is 5. The lowest BCUT2D eigenvalue weighted by atomic mass is 9.93. The maximum atomic E-state index is 12.6. The molecule has 0 radical (unpaired) electrons. The van der Waals surface area contributed by atoms with E-state index in [-0.39, 0.29) is 29.3 Å². The van der Waals surface area contributed by atoms with Crippen LogP contribution in [0.4, 0.5) is 5.69 Å². The van der Waals surface area contributed by atoms with E-state index in [1.807, 2.05) is 37.3 Å². The van der Waals surface area contributed by atoms with Crippen LogP contribution in [-0.4, -0.2) is 27.7 Å². The summed E-state index contributed by atoms with van der Waals surface area (Å²) in [5, 5.41) is 24.5. The number of anilines is 1. The Bertz CT molecular complexity index is 1210. The first-order valence-corrected chi connectivity index (χ1v) is 10.8. The summed E-state index contributed by atoms with van der Waals surface area (Å²) < 4.78 is 0. The van der Waals surface area contributed by atoms with E-state index in [9.17, 15) is 15.0 Å². The number of carbonyl (C=O) groups excluding carboxylic acids is 1. The molecule has 3 aromatic rings. The average Bonchev–Trinajstić information content (AvgIpc) is 3.32. The highest BCUT2D eigenvalue weighted by molar-refractivity contribution is 7.12. The zero-order valence-corrected chi connectivity index (χ0v) is 17.8. The Balaban J connectivity index is 1.59. The molecule has 0 bridgehead atoms. The van der Waals surface area contributed by atoms with E-state index in [4.69, 9.17) is 11.6 Å². The quantitative estimate of drug-likeness (QED) is 0.387. The van der Waals surface area contributed by atoms with Crippen LogP contribution < -0.4 is 5.32 Å². The molecular formula is C23H19ClN2O3S. The molecule has 152 valence electrons. The van der Waals surface area contributed by atoms with Crippen molar-refractivity contribution in [3.05, 3.63) is 68.6 Å². The fraction of sp³-hybridized carbons (Fsp3) is 0.217. The highest BCUT2D eigenvalue weighted by atomic mass is 35.5. The number of fused-ring (bicyclic) bond motifs is 1. The molecule has 5 rings (SSSR count). The van der Waals surface area contributed by atoms with Crippen molar-refractivity contribution in [3.63, 3.8) is 0 Å². The lowest BCUT2D eigenvalue weighted by molar-refractivity contribution is -0.110. The third-order valence-corrected chi connectivity index (χ3v) is 7.14. The number of carbonyl (C=O) groups is 1. The van der Waals surface area contributed by atoms with Crippen LogP contribution in [0.2, 0.25) is 5.02 Å². The molecule has 30 heavy (non-hydrogen) atoms. The number of nitrogens with one attached hydrogen (secondary N) is 1. The highest BCUT2D eigenvalue weighted by Crippen LogP contribution is 2.48. The van der Waals surface area contributed by atoms with Crippen molar-refractivity contribution in [1.29, 1.82) is 0 Å². The minimum absolute atomic E-state index is 0.0842. The molecule has 0 atom stereocenters.